The molecule has 4 nitrogen and oxygen atoms in total. The van der Waals surface area contributed by atoms with Gasteiger partial charge in [-0.1, -0.05) is 6.92 Å². The number of amides is 2. The second-order valence-corrected chi connectivity index (χ2v) is 6.51. The van der Waals surface area contributed by atoms with Crippen LogP contribution in [0.1, 0.15) is 29.8 Å². The van der Waals surface area contributed by atoms with Crippen molar-refractivity contribution in [1.82, 2.24) is 4.90 Å². The Balaban J connectivity index is 2.00. The van der Waals surface area contributed by atoms with E-state index in [1.807, 2.05) is 4.90 Å². The first kappa shape index (κ1) is 14.4. The van der Waals surface area contributed by atoms with E-state index in [-0.39, 0.29) is 23.6 Å². The third-order valence-corrected chi connectivity index (χ3v) is 5.21. The second-order valence-electron chi connectivity index (χ2n) is 4.52. The molecule has 6 heteroatoms. The molecule has 0 unspecified atom stereocenters. The van der Waals surface area contributed by atoms with Gasteiger partial charge in [0, 0.05) is 11.4 Å². The standard InChI is InChI=1S/C13H18N2O2S2/c1-2-10-9-4-6-19-11(9)3-5-15(10)13(17)8-18-7-12(14)16/h4,6,10H,2-3,5,7-8H2,1H3,(H2,14,16)/t10-/m0/s1. The third-order valence-electron chi connectivity index (χ3n) is 3.27. The highest BCUT2D eigenvalue weighted by molar-refractivity contribution is 8.00. The van der Waals surface area contributed by atoms with E-state index in [2.05, 4.69) is 18.4 Å². The monoisotopic (exact) mass is 298 g/mol. The average molecular weight is 298 g/mol. The molecule has 2 rings (SSSR count). The van der Waals surface area contributed by atoms with Crippen molar-refractivity contribution in [1.29, 1.82) is 0 Å². The Morgan fingerprint density at radius 2 is 2.32 bits per heavy atom. The van der Waals surface area contributed by atoms with Crippen molar-refractivity contribution < 1.29 is 9.59 Å². The number of carbonyl (C=O) groups is 2. The summed E-state index contributed by atoms with van der Waals surface area (Å²) in [6.07, 6.45) is 1.87. The maximum Gasteiger partial charge on any atom is 0.233 e. The molecule has 0 fully saturated rings. The molecule has 1 aliphatic heterocycles. The summed E-state index contributed by atoms with van der Waals surface area (Å²) in [5.74, 6) is 0.275. The Kier molecular flexibility index (Phi) is 4.87. The maximum atomic E-state index is 12.2. The van der Waals surface area contributed by atoms with Crippen LogP contribution in [0, 0.1) is 0 Å². The minimum atomic E-state index is -0.372. The summed E-state index contributed by atoms with van der Waals surface area (Å²) in [5, 5.41) is 2.10. The Morgan fingerprint density at radius 1 is 1.53 bits per heavy atom. The van der Waals surface area contributed by atoms with Crippen LogP contribution >= 0.6 is 23.1 Å². The molecule has 0 radical (unpaired) electrons. The van der Waals surface area contributed by atoms with Gasteiger partial charge in [-0.25, -0.2) is 0 Å². The van der Waals surface area contributed by atoms with Crippen LogP contribution in [0.3, 0.4) is 0 Å². The number of thioether (sulfide) groups is 1. The number of carbonyl (C=O) groups excluding carboxylic acids is 2. The Morgan fingerprint density at radius 3 is 3.00 bits per heavy atom. The van der Waals surface area contributed by atoms with E-state index in [1.165, 1.54) is 22.2 Å². The number of nitrogens with two attached hydrogens (primary N) is 1. The van der Waals surface area contributed by atoms with E-state index in [4.69, 9.17) is 5.73 Å². The van der Waals surface area contributed by atoms with E-state index < -0.39 is 0 Å². The van der Waals surface area contributed by atoms with Crippen LogP contribution in [-0.4, -0.2) is 34.8 Å². The second kappa shape index (κ2) is 6.43. The lowest BCUT2D eigenvalue weighted by Crippen LogP contribution is -2.40. The minimum absolute atomic E-state index is 0.106. The van der Waals surface area contributed by atoms with Crippen LogP contribution in [0.4, 0.5) is 0 Å². The summed E-state index contributed by atoms with van der Waals surface area (Å²) >= 11 is 3.07. The molecule has 0 bridgehead atoms. The van der Waals surface area contributed by atoms with E-state index >= 15 is 0 Å². The Hall–Kier alpha value is -1.01. The Bertz CT molecular complexity index is 473. The molecule has 0 aromatic carbocycles. The van der Waals surface area contributed by atoms with Crippen LogP contribution < -0.4 is 5.73 Å². The van der Waals surface area contributed by atoms with Crippen molar-refractivity contribution in [3.63, 3.8) is 0 Å². The minimum Gasteiger partial charge on any atom is -0.369 e. The van der Waals surface area contributed by atoms with Gasteiger partial charge in [-0.2, -0.15) is 0 Å². The summed E-state index contributed by atoms with van der Waals surface area (Å²) in [6, 6.07) is 2.32. The fraction of sp³-hybridized carbons (Fsp3) is 0.538. The maximum absolute atomic E-state index is 12.2. The zero-order valence-corrected chi connectivity index (χ0v) is 12.6. The van der Waals surface area contributed by atoms with Gasteiger partial charge in [-0.05, 0) is 29.9 Å². The first-order chi connectivity index (χ1) is 9.13. The van der Waals surface area contributed by atoms with Crippen LogP contribution in [-0.2, 0) is 16.0 Å². The van der Waals surface area contributed by atoms with Crippen LogP contribution in [0.2, 0.25) is 0 Å². The molecule has 19 heavy (non-hydrogen) atoms. The fourth-order valence-corrected chi connectivity index (χ4v) is 4.03. The molecule has 1 aromatic heterocycles. The van der Waals surface area contributed by atoms with E-state index in [1.54, 1.807) is 11.3 Å². The van der Waals surface area contributed by atoms with Crippen LogP contribution in [0.25, 0.3) is 0 Å². The van der Waals surface area contributed by atoms with Crippen LogP contribution in [0.15, 0.2) is 11.4 Å². The average Bonchev–Trinajstić information content (AvgIpc) is 2.85. The third kappa shape index (κ3) is 3.30. The molecule has 0 saturated heterocycles. The van der Waals surface area contributed by atoms with Crippen molar-refractivity contribution in [3.8, 4) is 0 Å². The molecule has 2 N–H and O–H groups in total. The summed E-state index contributed by atoms with van der Waals surface area (Å²) in [5.41, 5.74) is 6.37. The first-order valence-electron chi connectivity index (χ1n) is 6.35. The molecular formula is C13H18N2O2S2. The quantitative estimate of drug-likeness (QED) is 0.901. The van der Waals surface area contributed by atoms with Gasteiger partial charge >= 0.3 is 0 Å². The van der Waals surface area contributed by atoms with Gasteiger partial charge < -0.3 is 10.6 Å². The number of thiophene rings is 1. The number of primary amides is 1. The van der Waals surface area contributed by atoms with Gasteiger partial charge in [0.1, 0.15) is 0 Å². The molecule has 0 saturated carbocycles. The predicted octanol–water partition coefficient (Wildman–Crippen LogP) is 1.80. The lowest BCUT2D eigenvalue weighted by Gasteiger charge is -2.35. The molecule has 1 aromatic rings. The van der Waals surface area contributed by atoms with Gasteiger partial charge in [0.05, 0.1) is 17.5 Å². The summed E-state index contributed by atoms with van der Waals surface area (Å²) in [6.45, 7) is 2.89. The van der Waals surface area contributed by atoms with Gasteiger partial charge in [0.2, 0.25) is 11.8 Å². The largest absolute Gasteiger partial charge is 0.369 e. The van der Waals surface area contributed by atoms with Gasteiger partial charge in [0.25, 0.3) is 0 Å². The molecule has 0 aliphatic carbocycles. The number of hydrogen-bond donors (Lipinski definition) is 1. The number of rotatable bonds is 5. The molecule has 104 valence electrons. The summed E-state index contributed by atoms with van der Waals surface area (Å²) in [4.78, 5) is 26.3. The van der Waals surface area contributed by atoms with E-state index in [9.17, 15) is 9.59 Å². The highest BCUT2D eigenvalue weighted by Crippen LogP contribution is 2.35. The fourth-order valence-electron chi connectivity index (χ4n) is 2.46. The normalized spacial score (nSPS) is 18.2. The van der Waals surface area contributed by atoms with Crippen molar-refractivity contribution >= 4 is 34.9 Å². The smallest absolute Gasteiger partial charge is 0.233 e. The molecule has 1 aliphatic rings. The van der Waals surface area contributed by atoms with Gasteiger partial charge in [-0.15, -0.1) is 23.1 Å². The summed E-state index contributed by atoms with van der Waals surface area (Å²) < 4.78 is 0. The van der Waals surface area contributed by atoms with Crippen LogP contribution in [0.5, 0.6) is 0 Å². The van der Waals surface area contributed by atoms with Crippen molar-refractivity contribution in [2.45, 2.75) is 25.8 Å². The van der Waals surface area contributed by atoms with Crippen molar-refractivity contribution in [3.05, 3.63) is 21.9 Å². The zero-order chi connectivity index (χ0) is 13.8. The number of nitrogens with zero attached hydrogens (tertiary/aromatic N) is 1. The zero-order valence-electron chi connectivity index (χ0n) is 10.9. The molecule has 1 atom stereocenters. The number of fused-ring (bicyclic) bond motifs is 1. The van der Waals surface area contributed by atoms with E-state index in [0.717, 1.165) is 19.4 Å². The Labute approximate surface area is 121 Å². The highest BCUT2D eigenvalue weighted by Gasteiger charge is 2.29. The lowest BCUT2D eigenvalue weighted by atomic mass is 9.98. The highest BCUT2D eigenvalue weighted by atomic mass is 32.2. The topological polar surface area (TPSA) is 63.4 Å². The predicted molar refractivity (Wildman–Crippen MR) is 79.3 cm³/mol. The molecule has 2 amide bonds. The van der Waals surface area contributed by atoms with E-state index in [0.29, 0.717) is 5.75 Å². The first-order valence-corrected chi connectivity index (χ1v) is 8.38. The van der Waals surface area contributed by atoms with Crippen molar-refractivity contribution in [2.24, 2.45) is 5.73 Å². The van der Waals surface area contributed by atoms with Gasteiger partial charge in [0.15, 0.2) is 0 Å². The molecule has 2 heterocycles. The van der Waals surface area contributed by atoms with Crippen molar-refractivity contribution in [2.75, 3.05) is 18.1 Å². The molecular weight excluding hydrogens is 280 g/mol. The SMILES string of the molecule is CC[C@H]1c2ccsc2CCN1C(=O)CSCC(N)=O. The number of hydrogen-bond acceptors (Lipinski definition) is 4. The molecule has 0 spiro atoms. The summed E-state index contributed by atoms with van der Waals surface area (Å²) in [7, 11) is 0. The lowest BCUT2D eigenvalue weighted by molar-refractivity contribution is -0.131. The van der Waals surface area contributed by atoms with Gasteiger partial charge in [-0.3, -0.25) is 9.59 Å².